The fourth-order valence-corrected chi connectivity index (χ4v) is 3.64. The van der Waals surface area contributed by atoms with E-state index >= 15 is 0 Å². The Labute approximate surface area is 127 Å². The van der Waals surface area contributed by atoms with Gasteiger partial charge in [0, 0.05) is 37.6 Å². The van der Waals surface area contributed by atoms with Crippen LogP contribution in [0.25, 0.3) is 0 Å². The maximum Gasteiger partial charge on any atom is 0.244 e. The van der Waals surface area contributed by atoms with E-state index in [0.717, 1.165) is 0 Å². The number of hydrogen-bond donors (Lipinski definition) is 1. The molecule has 6 nitrogen and oxygen atoms in total. The molecule has 7 heteroatoms. The van der Waals surface area contributed by atoms with Gasteiger partial charge in [0.1, 0.15) is 4.90 Å². The van der Waals surface area contributed by atoms with Gasteiger partial charge in [-0.3, -0.25) is 0 Å². The van der Waals surface area contributed by atoms with Crippen LogP contribution in [0.1, 0.15) is 39.4 Å². The molecule has 1 aromatic rings. The van der Waals surface area contributed by atoms with Crippen LogP contribution in [0.5, 0.6) is 0 Å². The summed E-state index contributed by atoms with van der Waals surface area (Å²) in [5.41, 5.74) is 0.601. The van der Waals surface area contributed by atoms with E-state index in [1.54, 1.807) is 23.8 Å². The topological polar surface area (TPSA) is 71.8 Å². The van der Waals surface area contributed by atoms with Crippen LogP contribution in [0.2, 0.25) is 0 Å². The first-order valence-corrected chi connectivity index (χ1v) is 8.71. The maximum absolute atomic E-state index is 12.6. The van der Waals surface area contributed by atoms with Gasteiger partial charge in [-0.05, 0) is 26.8 Å². The summed E-state index contributed by atoms with van der Waals surface area (Å²) in [6, 6.07) is 1.63. The molecule has 0 fully saturated rings. The van der Waals surface area contributed by atoms with Crippen molar-refractivity contribution < 1.29 is 18.3 Å². The lowest BCUT2D eigenvalue weighted by molar-refractivity contribution is 0.135. The average molecular weight is 318 g/mol. The lowest BCUT2D eigenvalue weighted by atomic mass is 10.3. The van der Waals surface area contributed by atoms with Crippen molar-refractivity contribution >= 4 is 10.0 Å². The lowest BCUT2D eigenvalue weighted by Crippen LogP contribution is -2.33. The second kappa shape index (κ2) is 7.93. The highest BCUT2D eigenvalue weighted by atomic mass is 32.2. The zero-order valence-electron chi connectivity index (χ0n) is 13.2. The summed E-state index contributed by atoms with van der Waals surface area (Å²) < 4.78 is 33.7. The Morgan fingerprint density at radius 1 is 1.38 bits per heavy atom. The van der Waals surface area contributed by atoms with Crippen LogP contribution in [0, 0.1) is 0 Å². The van der Waals surface area contributed by atoms with Crippen molar-refractivity contribution in [2.45, 2.75) is 45.2 Å². The number of hydrogen-bond acceptors (Lipinski definition) is 4. The van der Waals surface area contributed by atoms with Gasteiger partial charge in [-0.25, -0.2) is 8.42 Å². The maximum atomic E-state index is 12.6. The average Bonchev–Trinajstić information content (AvgIpc) is 2.88. The standard InChI is InChI=1S/C14H26N2O4S/c1-5-15(7-8-20-6-2)21(18,19)14-9-13(11-17)16(10-14)12(3)4/h9-10,12,17H,5-8,11H2,1-4H3. The van der Waals surface area contributed by atoms with E-state index in [1.807, 2.05) is 20.8 Å². The van der Waals surface area contributed by atoms with E-state index in [0.29, 0.717) is 32.0 Å². The molecular formula is C14H26N2O4S. The molecule has 1 aromatic heterocycles. The molecule has 0 radical (unpaired) electrons. The minimum Gasteiger partial charge on any atom is -0.390 e. The second-order valence-corrected chi connectivity index (χ2v) is 6.96. The first kappa shape index (κ1) is 18.2. The Hall–Kier alpha value is -0.890. The molecule has 0 saturated heterocycles. The molecular weight excluding hydrogens is 292 g/mol. The number of likely N-dealkylation sites (N-methyl/N-ethyl adjacent to an activating group) is 1. The van der Waals surface area contributed by atoms with E-state index in [9.17, 15) is 13.5 Å². The molecule has 0 aliphatic carbocycles. The van der Waals surface area contributed by atoms with Gasteiger partial charge in [-0.1, -0.05) is 6.92 Å². The van der Waals surface area contributed by atoms with Gasteiger partial charge >= 0.3 is 0 Å². The second-order valence-electron chi connectivity index (χ2n) is 5.02. The zero-order valence-corrected chi connectivity index (χ0v) is 14.1. The van der Waals surface area contributed by atoms with Crippen molar-refractivity contribution in [2.24, 2.45) is 0 Å². The van der Waals surface area contributed by atoms with Crippen LogP contribution in [-0.4, -0.2) is 48.7 Å². The Morgan fingerprint density at radius 2 is 2.05 bits per heavy atom. The summed E-state index contributed by atoms with van der Waals surface area (Å²) in [6.45, 7) is 9.04. The first-order chi connectivity index (χ1) is 9.88. The number of aliphatic hydroxyl groups is 1. The number of sulfonamides is 1. The van der Waals surface area contributed by atoms with Crippen molar-refractivity contribution in [2.75, 3.05) is 26.3 Å². The molecule has 0 aliphatic rings. The van der Waals surface area contributed by atoms with Gasteiger partial charge in [-0.15, -0.1) is 0 Å². The molecule has 21 heavy (non-hydrogen) atoms. The molecule has 0 unspecified atom stereocenters. The SMILES string of the molecule is CCOCCN(CC)S(=O)(=O)c1cc(CO)n(C(C)C)c1. The minimum atomic E-state index is -3.56. The predicted octanol–water partition coefficient (Wildman–Crippen LogP) is 1.61. The summed E-state index contributed by atoms with van der Waals surface area (Å²) in [7, 11) is -3.56. The monoisotopic (exact) mass is 318 g/mol. The molecule has 0 saturated carbocycles. The van der Waals surface area contributed by atoms with Crippen molar-refractivity contribution in [3.63, 3.8) is 0 Å². The molecule has 0 spiro atoms. The van der Waals surface area contributed by atoms with Gasteiger partial charge in [0.15, 0.2) is 0 Å². The summed E-state index contributed by atoms with van der Waals surface area (Å²) in [6.07, 6.45) is 1.59. The summed E-state index contributed by atoms with van der Waals surface area (Å²) in [5.74, 6) is 0. The molecule has 1 rings (SSSR count). The quantitative estimate of drug-likeness (QED) is 0.702. The number of nitrogens with zero attached hydrogens (tertiary/aromatic N) is 2. The molecule has 1 N–H and O–H groups in total. The van der Waals surface area contributed by atoms with Gasteiger partial charge < -0.3 is 14.4 Å². The van der Waals surface area contributed by atoms with Crippen molar-refractivity contribution in [1.29, 1.82) is 0 Å². The molecule has 0 aliphatic heterocycles. The van der Waals surface area contributed by atoms with Gasteiger partial charge in [0.25, 0.3) is 0 Å². The zero-order chi connectivity index (χ0) is 16.0. The molecule has 0 bridgehead atoms. The molecule has 0 atom stereocenters. The van der Waals surface area contributed by atoms with Crippen molar-refractivity contribution in [3.05, 3.63) is 18.0 Å². The Balaban J connectivity index is 3.05. The predicted molar refractivity (Wildman–Crippen MR) is 81.7 cm³/mol. The fourth-order valence-electron chi connectivity index (χ4n) is 2.15. The smallest absolute Gasteiger partial charge is 0.244 e. The van der Waals surface area contributed by atoms with Crippen molar-refractivity contribution in [1.82, 2.24) is 8.87 Å². The summed E-state index contributed by atoms with van der Waals surface area (Å²) in [5, 5.41) is 9.37. The Kier molecular flexibility index (Phi) is 6.86. The van der Waals surface area contributed by atoms with E-state index in [-0.39, 0.29) is 17.5 Å². The van der Waals surface area contributed by atoms with Crippen LogP contribution in [0.15, 0.2) is 17.2 Å². The highest BCUT2D eigenvalue weighted by Crippen LogP contribution is 2.22. The number of rotatable bonds is 9. The number of ether oxygens (including phenoxy) is 1. The van der Waals surface area contributed by atoms with Crippen LogP contribution in [-0.2, 0) is 21.4 Å². The van der Waals surface area contributed by atoms with Gasteiger partial charge in [0.2, 0.25) is 10.0 Å². The highest BCUT2D eigenvalue weighted by Gasteiger charge is 2.25. The summed E-state index contributed by atoms with van der Waals surface area (Å²) in [4.78, 5) is 0.221. The minimum absolute atomic E-state index is 0.0922. The Morgan fingerprint density at radius 3 is 2.48 bits per heavy atom. The third-order valence-electron chi connectivity index (χ3n) is 3.30. The Bertz CT molecular complexity index is 537. The number of aromatic nitrogens is 1. The van der Waals surface area contributed by atoms with Crippen LogP contribution >= 0.6 is 0 Å². The summed E-state index contributed by atoms with van der Waals surface area (Å²) >= 11 is 0. The van der Waals surface area contributed by atoms with E-state index in [1.165, 1.54) is 4.31 Å². The fraction of sp³-hybridized carbons (Fsp3) is 0.714. The van der Waals surface area contributed by atoms with Crippen LogP contribution in [0.3, 0.4) is 0 Å². The molecule has 0 amide bonds. The van der Waals surface area contributed by atoms with E-state index < -0.39 is 10.0 Å². The van der Waals surface area contributed by atoms with E-state index in [2.05, 4.69) is 0 Å². The third kappa shape index (κ3) is 4.29. The highest BCUT2D eigenvalue weighted by molar-refractivity contribution is 7.89. The number of aliphatic hydroxyl groups excluding tert-OH is 1. The third-order valence-corrected chi connectivity index (χ3v) is 5.24. The van der Waals surface area contributed by atoms with Gasteiger partial charge in [0.05, 0.1) is 13.2 Å². The van der Waals surface area contributed by atoms with Crippen molar-refractivity contribution in [3.8, 4) is 0 Å². The molecule has 0 aromatic carbocycles. The molecule has 1 heterocycles. The normalized spacial score (nSPS) is 12.5. The van der Waals surface area contributed by atoms with Crippen LogP contribution < -0.4 is 0 Å². The largest absolute Gasteiger partial charge is 0.390 e. The molecule has 122 valence electrons. The van der Waals surface area contributed by atoms with Gasteiger partial charge in [-0.2, -0.15) is 4.31 Å². The van der Waals surface area contributed by atoms with E-state index in [4.69, 9.17) is 4.74 Å². The van der Waals surface area contributed by atoms with Crippen LogP contribution in [0.4, 0.5) is 0 Å². The lowest BCUT2D eigenvalue weighted by Gasteiger charge is -2.19. The first-order valence-electron chi connectivity index (χ1n) is 7.27.